The molecule has 0 spiro atoms. The summed E-state index contributed by atoms with van der Waals surface area (Å²) in [5.41, 5.74) is 2.67. The topological polar surface area (TPSA) is 17.1 Å². The van der Waals surface area contributed by atoms with Crippen LogP contribution in [-0.4, -0.2) is 5.78 Å². The molecule has 66 valence electrons. The first kappa shape index (κ1) is 7.31. The van der Waals surface area contributed by atoms with Crippen molar-refractivity contribution >= 4 is 5.78 Å². The van der Waals surface area contributed by atoms with Crippen LogP contribution in [0.25, 0.3) is 0 Å². The van der Waals surface area contributed by atoms with Crippen LogP contribution in [0.5, 0.6) is 0 Å². The molecule has 1 saturated carbocycles. The highest BCUT2D eigenvalue weighted by atomic mass is 16.1. The van der Waals surface area contributed by atoms with Crippen molar-refractivity contribution in [3.63, 3.8) is 0 Å². The molecule has 1 heteroatoms. The van der Waals surface area contributed by atoms with Gasteiger partial charge in [-0.15, -0.1) is 0 Å². The van der Waals surface area contributed by atoms with Crippen LogP contribution in [0.3, 0.4) is 0 Å². The fraction of sp³-hybridized carbons (Fsp3) is 0.417. The molecule has 2 unspecified atom stereocenters. The number of hydrogen-bond acceptors (Lipinski definition) is 1. The fourth-order valence-corrected chi connectivity index (χ4v) is 2.40. The van der Waals surface area contributed by atoms with Gasteiger partial charge in [-0.1, -0.05) is 24.3 Å². The van der Waals surface area contributed by atoms with E-state index in [1.807, 2.05) is 6.07 Å². The van der Waals surface area contributed by atoms with Crippen molar-refractivity contribution in [1.82, 2.24) is 0 Å². The monoisotopic (exact) mass is 172 g/mol. The highest BCUT2D eigenvalue weighted by Crippen LogP contribution is 2.44. The molecule has 2 aliphatic rings. The molecule has 0 radical (unpaired) electrons. The second-order valence-corrected chi connectivity index (χ2v) is 4.22. The summed E-state index contributed by atoms with van der Waals surface area (Å²) in [7, 11) is 0. The average molecular weight is 172 g/mol. The first-order valence-corrected chi connectivity index (χ1v) is 4.94. The summed E-state index contributed by atoms with van der Waals surface area (Å²) in [6.07, 6.45) is 2.96. The van der Waals surface area contributed by atoms with Gasteiger partial charge in [-0.25, -0.2) is 0 Å². The van der Waals surface area contributed by atoms with E-state index < -0.39 is 0 Å². The Labute approximate surface area is 77.8 Å². The summed E-state index contributed by atoms with van der Waals surface area (Å²) in [6, 6.07) is 8.37. The molecule has 3 rings (SSSR count). The molecule has 0 heterocycles. The molecule has 0 bridgehead atoms. The van der Waals surface area contributed by atoms with Crippen LogP contribution in [0.15, 0.2) is 24.3 Å². The maximum atomic E-state index is 11.6. The Kier molecular flexibility index (Phi) is 1.37. The van der Waals surface area contributed by atoms with Crippen LogP contribution >= 0.6 is 0 Å². The van der Waals surface area contributed by atoms with Gasteiger partial charge in [0.15, 0.2) is 0 Å². The van der Waals surface area contributed by atoms with Crippen LogP contribution in [0.4, 0.5) is 0 Å². The first-order chi connectivity index (χ1) is 6.34. The minimum atomic E-state index is 0.410. The zero-order valence-corrected chi connectivity index (χ0v) is 7.49. The van der Waals surface area contributed by atoms with Gasteiger partial charge in [0.25, 0.3) is 0 Å². The quantitative estimate of drug-likeness (QED) is 0.585. The minimum Gasteiger partial charge on any atom is -0.299 e. The highest BCUT2D eigenvalue weighted by Gasteiger charge is 2.44. The number of fused-ring (bicyclic) bond motifs is 2. The van der Waals surface area contributed by atoms with E-state index in [0.717, 1.165) is 12.8 Å². The summed E-state index contributed by atoms with van der Waals surface area (Å²) in [4.78, 5) is 11.6. The van der Waals surface area contributed by atoms with Crippen LogP contribution in [0.2, 0.25) is 0 Å². The molecule has 0 saturated heterocycles. The van der Waals surface area contributed by atoms with Crippen molar-refractivity contribution < 1.29 is 4.79 Å². The predicted octanol–water partition coefficient (Wildman–Crippen LogP) is 1.99. The van der Waals surface area contributed by atoms with Crippen LogP contribution in [0, 0.1) is 11.8 Å². The van der Waals surface area contributed by atoms with Crippen LogP contribution < -0.4 is 0 Å². The van der Waals surface area contributed by atoms with Crippen LogP contribution in [0.1, 0.15) is 17.5 Å². The minimum absolute atomic E-state index is 0.410. The summed E-state index contributed by atoms with van der Waals surface area (Å²) in [5, 5.41) is 0. The van der Waals surface area contributed by atoms with Crippen molar-refractivity contribution in [2.75, 3.05) is 0 Å². The molecule has 2 aliphatic carbocycles. The zero-order chi connectivity index (χ0) is 8.84. The summed E-state index contributed by atoms with van der Waals surface area (Å²) >= 11 is 0. The molecule has 2 atom stereocenters. The molecule has 0 aromatic heterocycles. The number of rotatable bonds is 0. The van der Waals surface area contributed by atoms with Gasteiger partial charge in [-0.2, -0.15) is 0 Å². The third-order valence-corrected chi connectivity index (χ3v) is 3.30. The van der Waals surface area contributed by atoms with Gasteiger partial charge >= 0.3 is 0 Å². The summed E-state index contributed by atoms with van der Waals surface area (Å²) < 4.78 is 0. The Balaban J connectivity index is 2.05. The molecule has 0 N–H and O–H groups in total. The van der Waals surface area contributed by atoms with Crippen molar-refractivity contribution in [2.45, 2.75) is 19.3 Å². The molecule has 1 aromatic carbocycles. The molecule has 0 amide bonds. The van der Waals surface area contributed by atoms with Gasteiger partial charge in [-0.3, -0.25) is 4.79 Å². The predicted molar refractivity (Wildman–Crippen MR) is 50.5 cm³/mol. The maximum Gasteiger partial charge on any atom is 0.140 e. The third-order valence-electron chi connectivity index (χ3n) is 3.30. The first-order valence-electron chi connectivity index (χ1n) is 4.94. The van der Waals surface area contributed by atoms with Crippen molar-refractivity contribution in [1.29, 1.82) is 0 Å². The number of carbonyl (C=O) groups excluding carboxylic acids is 1. The Morgan fingerprint density at radius 3 is 2.77 bits per heavy atom. The van der Waals surface area contributed by atoms with E-state index >= 15 is 0 Å². The lowest BCUT2D eigenvalue weighted by molar-refractivity contribution is -0.119. The van der Waals surface area contributed by atoms with E-state index in [0.29, 0.717) is 24.0 Å². The van der Waals surface area contributed by atoms with Gasteiger partial charge in [0.05, 0.1) is 0 Å². The molecule has 1 fully saturated rings. The zero-order valence-electron chi connectivity index (χ0n) is 7.49. The van der Waals surface area contributed by atoms with E-state index in [-0.39, 0.29) is 0 Å². The number of Topliss-reactive ketones (excluding diaryl/α,β-unsaturated/α-hetero) is 1. The van der Waals surface area contributed by atoms with E-state index in [4.69, 9.17) is 0 Å². The molecule has 1 aromatic rings. The lowest BCUT2D eigenvalue weighted by Crippen LogP contribution is -2.04. The van der Waals surface area contributed by atoms with Crippen LogP contribution in [-0.2, 0) is 17.6 Å². The second kappa shape index (κ2) is 2.44. The molecule has 13 heavy (non-hydrogen) atoms. The number of hydrogen-bond donors (Lipinski definition) is 0. The average Bonchev–Trinajstić information content (AvgIpc) is 2.86. The van der Waals surface area contributed by atoms with Gasteiger partial charge in [0.2, 0.25) is 0 Å². The molecular weight excluding hydrogens is 160 g/mol. The third kappa shape index (κ3) is 1.11. The SMILES string of the molecule is O=C1Cc2ccccc2CC2CC12. The van der Waals surface area contributed by atoms with Crippen molar-refractivity contribution in [3.05, 3.63) is 35.4 Å². The molecule has 1 nitrogen and oxygen atoms in total. The Morgan fingerprint density at radius 2 is 1.92 bits per heavy atom. The summed E-state index contributed by atoms with van der Waals surface area (Å²) in [6.45, 7) is 0. The number of carbonyl (C=O) groups is 1. The fourth-order valence-electron chi connectivity index (χ4n) is 2.40. The summed E-state index contributed by atoms with van der Waals surface area (Å²) in [5.74, 6) is 1.55. The Hall–Kier alpha value is -1.11. The van der Waals surface area contributed by atoms with E-state index in [9.17, 15) is 4.79 Å². The van der Waals surface area contributed by atoms with E-state index in [2.05, 4.69) is 18.2 Å². The molecular formula is C12H12O. The smallest absolute Gasteiger partial charge is 0.140 e. The maximum absolute atomic E-state index is 11.6. The standard InChI is InChI=1S/C12H12O/c13-12-7-9-4-2-1-3-8(9)5-10-6-11(10)12/h1-4,10-11H,5-7H2. The lowest BCUT2D eigenvalue weighted by Gasteiger charge is -2.04. The van der Waals surface area contributed by atoms with Gasteiger partial charge in [0.1, 0.15) is 5.78 Å². The van der Waals surface area contributed by atoms with Gasteiger partial charge < -0.3 is 0 Å². The number of ketones is 1. The second-order valence-electron chi connectivity index (χ2n) is 4.22. The largest absolute Gasteiger partial charge is 0.299 e. The van der Waals surface area contributed by atoms with E-state index in [1.54, 1.807) is 0 Å². The van der Waals surface area contributed by atoms with E-state index in [1.165, 1.54) is 11.1 Å². The lowest BCUT2D eigenvalue weighted by atomic mass is 10.0. The van der Waals surface area contributed by atoms with Crippen molar-refractivity contribution in [3.8, 4) is 0 Å². The Bertz CT molecular complexity index is 367. The van der Waals surface area contributed by atoms with Crippen molar-refractivity contribution in [2.24, 2.45) is 11.8 Å². The van der Waals surface area contributed by atoms with Gasteiger partial charge in [0, 0.05) is 12.3 Å². The Morgan fingerprint density at radius 1 is 1.15 bits per heavy atom. The van der Waals surface area contributed by atoms with Gasteiger partial charge in [-0.05, 0) is 29.9 Å². The normalized spacial score (nSPS) is 30.3. The highest BCUT2D eigenvalue weighted by molar-refractivity contribution is 5.86. The number of benzene rings is 1. The molecule has 0 aliphatic heterocycles.